The van der Waals surface area contributed by atoms with E-state index in [1.807, 2.05) is 0 Å². The lowest BCUT2D eigenvalue weighted by molar-refractivity contribution is -0.149. The van der Waals surface area contributed by atoms with E-state index in [0.29, 0.717) is 34.1 Å². The lowest BCUT2D eigenvalue weighted by atomic mass is 9.96. The van der Waals surface area contributed by atoms with Crippen LogP contribution in [0.3, 0.4) is 0 Å². The number of likely N-dealkylation sites (N-methyl/N-ethyl adjacent to an activating group) is 6. The molecule has 0 aromatic carbocycles. The maximum atomic E-state index is 14.1. The second-order valence-corrected chi connectivity index (χ2v) is 45.5. The molecule has 0 bridgehead atoms. The molecule has 6 saturated heterocycles. The molecular formula is C72H111N24O30P3S3. The molecular weight excluding hydrogens is 1870 g/mol. The lowest BCUT2D eigenvalue weighted by Gasteiger charge is -2.27. The van der Waals surface area contributed by atoms with E-state index in [2.05, 4.69) is 60.1 Å². The number of nitrogens with two attached hydrogens (primary N) is 3. The van der Waals surface area contributed by atoms with Crippen LogP contribution < -0.4 is 46.7 Å². The van der Waals surface area contributed by atoms with Crippen LogP contribution in [0.4, 0.5) is 32.2 Å². The first kappa shape index (κ1) is 105. The lowest BCUT2D eigenvalue weighted by Crippen LogP contribution is -2.44. The average molecular weight is 1980 g/mol. The highest BCUT2D eigenvalue weighted by Gasteiger charge is 2.58. The van der Waals surface area contributed by atoms with Crippen molar-refractivity contribution in [2.75, 3.05) is 118 Å². The molecule has 0 radical (unpaired) electrons. The van der Waals surface area contributed by atoms with Crippen molar-refractivity contribution < 1.29 is 144 Å². The van der Waals surface area contributed by atoms with Gasteiger partial charge in [0.15, 0.2) is 52.2 Å². The van der Waals surface area contributed by atoms with E-state index >= 15 is 0 Å². The minimum absolute atomic E-state index is 0.0951. The Morgan fingerprint density at radius 2 is 0.659 bits per heavy atom. The zero-order chi connectivity index (χ0) is 98.2. The molecule has 6 aliphatic heterocycles. The van der Waals surface area contributed by atoms with Gasteiger partial charge in [-0.1, -0.05) is 34.1 Å². The molecule has 6 aromatic rings. The van der Waals surface area contributed by atoms with Gasteiger partial charge in [-0.15, -0.1) is 0 Å². The summed E-state index contributed by atoms with van der Waals surface area (Å²) in [6.45, 7) is 4.50. The molecule has 7 unspecified atom stereocenters. The number of nitrogen functional groups attached to an aromatic ring is 3. The topological polar surface area (TPSA) is 701 Å². The van der Waals surface area contributed by atoms with Gasteiger partial charge in [0.1, 0.15) is 89.7 Å². The predicted molar refractivity (Wildman–Crippen MR) is 469 cm³/mol. The number of carbonyl (C=O) groups excluding carboxylic acids is 9. The summed E-state index contributed by atoms with van der Waals surface area (Å²) in [5.74, 6) is -4.07. The fourth-order valence-corrected chi connectivity index (χ4v) is 26.0. The second kappa shape index (κ2) is 41.6. The Bertz CT molecular complexity index is 4940. The van der Waals surface area contributed by atoms with Crippen molar-refractivity contribution in [3.05, 3.63) is 19.0 Å². The van der Waals surface area contributed by atoms with Gasteiger partial charge in [0, 0.05) is 59.5 Å². The molecule has 12 rings (SSSR count). The summed E-state index contributed by atoms with van der Waals surface area (Å²) in [7, 11) is 12.5. The number of carbonyl (C=O) groups is 9. The number of hydrogen-bond donors (Lipinski definition) is 12. The number of imide groups is 3. The number of amides is 9. The summed E-state index contributed by atoms with van der Waals surface area (Å²) in [4.78, 5) is 156. The molecule has 0 aliphatic carbocycles. The Balaban J connectivity index is 0.000000205. The van der Waals surface area contributed by atoms with Crippen LogP contribution in [0.1, 0.15) is 102 Å². The van der Waals surface area contributed by atoms with Crippen molar-refractivity contribution in [3.63, 3.8) is 0 Å². The van der Waals surface area contributed by atoms with Crippen LogP contribution >= 0.6 is 54.3 Å². The van der Waals surface area contributed by atoms with E-state index in [9.17, 15) is 87.5 Å². The van der Waals surface area contributed by atoms with Gasteiger partial charge in [0.2, 0.25) is 35.5 Å². The standard InChI is InChI=1S/3C24H37N8O10PS/c3*1-11(2)41-20(35)12(3)29-43(38,44-9-13-19(34)31(6)23(36)30(13)5)40-8-14-16(33)24(4,37)21(42-14)32-10-26-15-17(32)27-22(25)28-18(15)39-7/h3*10-14,16,21,33,37H,8-9H2,1-7H3,(H,29,38)(H2,25,27,28)/t12-,13?,14?,16-,21-,24-,43?;12-,13?,14?,16-,21-,24-,43+;12-,13?,14?,16-,21-,24-,43-/m111/s1. The summed E-state index contributed by atoms with van der Waals surface area (Å²) in [6.07, 6.45) is -9.47. The number of fused-ring (bicyclic) bond motifs is 3. The molecule has 0 spiro atoms. The number of ether oxygens (including phenoxy) is 9. The number of rotatable bonds is 36. The number of aromatic nitrogens is 12. The molecule has 6 aromatic heterocycles. The minimum Gasteiger partial charge on any atom is -0.479 e. The van der Waals surface area contributed by atoms with Crippen LogP contribution in [0, 0.1) is 0 Å². The minimum atomic E-state index is -4.06. The number of nitrogens with one attached hydrogen (secondary N) is 3. The number of urea groups is 3. The number of esters is 3. The van der Waals surface area contributed by atoms with E-state index in [4.69, 9.17) is 73.4 Å². The van der Waals surface area contributed by atoms with Crippen LogP contribution in [0.5, 0.6) is 17.6 Å². The highest BCUT2D eigenvalue weighted by atomic mass is 32.7. The normalized spacial score (nSPS) is 27.8. The SMILES string of the molecule is COc1nc(N)nc2c1ncn2[C@@H]1OC(COP(=O)(N[C@H](C)C(=O)OC(C)C)SCC2C(=O)N(C)C(=O)N2C)[C@@H](O)[C@@]1(C)O.COc1nc(N)nc2c1ncn2[C@@H]1OC(CO[P@@](=O)(N[C@H](C)C(=O)OC(C)C)SCC2C(=O)N(C)C(=O)N2C)[C@@H](O)[C@@]1(C)O.COc1nc(N)nc2c1ncn2[C@@H]1OC(CO[P@](=O)(N[C@H](C)C(=O)OC(C)C)SCC2C(=O)N(C)C(=O)N2C)[C@@H](O)[C@@]1(C)O. The third-order valence-corrected chi connectivity index (χ3v) is 33.7. The molecule has 12 heterocycles. The number of aliphatic hydroxyl groups is 6. The molecule has 60 heteroatoms. The Morgan fingerprint density at radius 3 is 0.856 bits per heavy atom. The monoisotopic (exact) mass is 1980 g/mol. The van der Waals surface area contributed by atoms with Crippen molar-refractivity contribution >= 4 is 159 Å². The molecule has 6 fully saturated rings. The van der Waals surface area contributed by atoms with Crippen LogP contribution in [-0.2, 0) is 84.5 Å². The van der Waals surface area contributed by atoms with Gasteiger partial charge < -0.3 is 119 Å². The second-order valence-electron chi connectivity index (χ2n) is 32.5. The summed E-state index contributed by atoms with van der Waals surface area (Å²) in [6, 6.07) is -7.67. The molecule has 732 valence electrons. The van der Waals surface area contributed by atoms with Crippen molar-refractivity contribution in [1.29, 1.82) is 0 Å². The summed E-state index contributed by atoms with van der Waals surface area (Å²) >= 11 is 2.10. The van der Waals surface area contributed by atoms with E-state index in [0.717, 1.165) is 14.7 Å². The van der Waals surface area contributed by atoms with Crippen LogP contribution in [-0.4, -0.2) is 381 Å². The molecule has 21 atom stereocenters. The molecule has 9 amide bonds. The van der Waals surface area contributed by atoms with Gasteiger partial charge >= 0.3 is 56.2 Å². The Hall–Kier alpha value is -9.18. The largest absolute Gasteiger partial charge is 0.479 e. The fourth-order valence-electron chi connectivity index (χ4n) is 14.1. The highest BCUT2D eigenvalue weighted by Crippen LogP contribution is 2.61. The molecule has 54 nitrogen and oxygen atoms in total. The number of anilines is 3. The van der Waals surface area contributed by atoms with Gasteiger partial charge in [-0.2, -0.15) is 29.9 Å². The quantitative estimate of drug-likeness (QED) is 0.0109. The van der Waals surface area contributed by atoms with Crippen molar-refractivity contribution in [2.24, 2.45) is 0 Å². The van der Waals surface area contributed by atoms with E-state index in [1.165, 1.54) is 153 Å². The van der Waals surface area contributed by atoms with Crippen LogP contribution in [0.15, 0.2) is 19.0 Å². The maximum absolute atomic E-state index is 14.1. The van der Waals surface area contributed by atoms with E-state index in [-0.39, 0.29) is 86.2 Å². The van der Waals surface area contributed by atoms with Gasteiger partial charge in [-0.05, 0) is 83.1 Å². The number of aliphatic hydroxyl groups excluding tert-OH is 3. The van der Waals surface area contributed by atoms with Crippen LogP contribution in [0.2, 0.25) is 0 Å². The van der Waals surface area contributed by atoms with Crippen molar-refractivity contribution in [3.8, 4) is 17.6 Å². The molecule has 15 N–H and O–H groups in total. The van der Waals surface area contributed by atoms with Gasteiger partial charge in [-0.3, -0.25) is 70.9 Å². The Kier molecular flexibility index (Phi) is 33.0. The predicted octanol–water partition coefficient (Wildman–Crippen LogP) is 0.319. The average Bonchev–Trinajstić information content (AvgIpc) is 1.60. The van der Waals surface area contributed by atoms with E-state index < -0.39 is 220 Å². The first-order valence-corrected chi connectivity index (χ1v) is 50.2. The Labute approximate surface area is 766 Å². The number of hydrogen-bond acceptors (Lipinski definition) is 45. The van der Waals surface area contributed by atoms with Gasteiger partial charge in [0.05, 0.1) is 78.4 Å². The van der Waals surface area contributed by atoms with E-state index in [1.54, 1.807) is 41.5 Å². The van der Waals surface area contributed by atoms with Crippen molar-refractivity contribution in [2.45, 2.75) is 210 Å². The third-order valence-electron chi connectivity index (χ3n) is 21.4. The summed E-state index contributed by atoms with van der Waals surface area (Å²) in [5, 5.41) is 75.0. The number of nitrogens with zero attached hydrogens (tertiary/aromatic N) is 18. The maximum Gasteiger partial charge on any atom is 0.327 e. The van der Waals surface area contributed by atoms with Gasteiger partial charge in [-0.25, -0.2) is 44.6 Å². The summed E-state index contributed by atoms with van der Waals surface area (Å²) < 4.78 is 113. The molecule has 132 heavy (non-hydrogen) atoms. The highest BCUT2D eigenvalue weighted by molar-refractivity contribution is 8.56. The number of imidazole rings is 3. The fraction of sp³-hybridized carbons (Fsp3) is 0.667. The zero-order valence-electron chi connectivity index (χ0n) is 75.7. The first-order valence-electron chi connectivity index (χ1n) is 40.6. The van der Waals surface area contributed by atoms with Gasteiger partial charge in [0.25, 0.3) is 17.7 Å². The molecule has 0 saturated carbocycles. The zero-order valence-corrected chi connectivity index (χ0v) is 80.8. The number of methoxy groups -OCH3 is 3. The Morgan fingerprint density at radius 1 is 0.432 bits per heavy atom. The van der Waals surface area contributed by atoms with Crippen LogP contribution in [0.25, 0.3) is 33.5 Å². The summed E-state index contributed by atoms with van der Waals surface area (Å²) in [5.41, 5.74) is 12.9. The van der Waals surface area contributed by atoms with Crippen molar-refractivity contribution in [1.82, 2.24) is 103 Å². The first-order chi connectivity index (χ1) is 61.5. The third kappa shape index (κ3) is 22.3. The smallest absolute Gasteiger partial charge is 0.327 e. The molecule has 6 aliphatic rings.